The van der Waals surface area contributed by atoms with Gasteiger partial charge in [0.15, 0.2) is 11.5 Å². The van der Waals surface area contributed by atoms with Gasteiger partial charge in [-0.15, -0.1) is 24.8 Å². The fraction of sp³-hybridized carbons (Fsp3) is 0.455. The van der Waals surface area contributed by atoms with Crippen molar-refractivity contribution in [3.8, 4) is 11.5 Å². The highest BCUT2D eigenvalue weighted by Gasteiger charge is 2.11. The Balaban J connectivity index is 0.00000392. The van der Waals surface area contributed by atoms with Crippen molar-refractivity contribution in [3.05, 3.63) is 58.6 Å². The second-order valence-electron chi connectivity index (χ2n) is 6.39. The Kier molecular flexibility index (Phi) is 15.0. The lowest BCUT2D eigenvalue weighted by Crippen LogP contribution is -2.27. The van der Waals surface area contributed by atoms with E-state index in [1.807, 2.05) is 36.4 Å². The summed E-state index contributed by atoms with van der Waals surface area (Å²) in [7, 11) is 1.67. The summed E-state index contributed by atoms with van der Waals surface area (Å²) < 4.78 is 11.6. The minimum Gasteiger partial charge on any atom is -0.493 e. The molecule has 0 radical (unpaired) electrons. The van der Waals surface area contributed by atoms with Crippen LogP contribution in [0.3, 0.4) is 0 Å². The van der Waals surface area contributed by atoms with E-state index in [0.717, 1.165) is 61.8 Å². The van der Waals surface area contributed by atoms with Gasteiger partial charge in [-0.25, -0.2) is 0 Å². The van der Waals surface area contributed by atoms with Crippen molar-refractivity contribution < 1.29 is 9.47 Å². The molecule has 0 amide bonds. The highest BCUT2D eigenvalue weighted by molar-refractivity contribution is 6.31. The maximum absolute atomic E-state index is 6.24. The maximum Gasteiger partial charge on any atom is 0.166 e. The third-order valence-corrected chi connectivity index (χ3v) is 5.02. The number of rotatable bonds is 12. The third kappa shape index (κ3) is 9.02. The zero-order valence-corrected chi connectivity index (χ0v) is 19.8. The average Bonchev–Trinajstić information content (AvgIpc) is 2.70. The zero-order chi connectivity index (χ0) is 19.5. The van der Waals surface area contributed by atoms with Crippen molar-refractivity contribution in [2.24, 2.45) is 0 Å². The van der Waals surface area contributed by atoms with Crippen LogP contribution in [0.25, 0.3) is 0 Å². The van der Waals surface area contributed by atoms with Crippen LogP contribution >= 0.6 is 36.4 Å². The number of halogens is 3. The van der Waals surface area contributed by atoms with Gasteiger partial charge in [0.05, 0.1) is 7.11 Å². The van der Waals surface area contributed by atoms with E-state index < -0.39 is 0 Å². The molecule has 0 bridgehead atoms. The molecule has 7 heteroatoms. The van der Waals surface area contributed by atoms with Crippen LogP contribution in [0.4, 0.5) is 0 Å². The lowest BCUT2D eigenvalue weighted by Gasteiger charge is -2.18. The van der Waals surface area contributed by atoms with Gasteiger partial charge >= 0.3 is 0 Å². The summed E-state index contributed by atoms with van der Waals surface area (Å²) in [4.78, 5) is 2.44. The quantitative estimate of drug-likeness (QED) is 0.416. The van der Waals surface area contributed by atoms with Crippen molar-refractivity contribution in [3.63, 3.8) is 0 Å². The fourth-order valence-corrected chi connectivity index (χ4v) is 3.17. The van der Waals surface area contributed by atoms with Gasteiger partial charge in [-0.3, -0.25) is 0 Å². The van der Waals surface area contributed by atoms with Crippen LogP contribution in [0.15, 0.2) is 42.5 Å². The predicted molar refractivity (Wildman–Crippen MR) is 127 cm³/mol. The molecular formula is C22H33Cl3N2O2. The van der Waals surface area contributed by atoms with Crippen LogP contribution < -0.4 is 14.8 Å². The van der Waals surface area contributed by atoms with Gasteiger partial charge < -0.3 is 19.7 Å². The van der Waals surface area contributed by atoms with E-state index in [1.54, 1.807) is 7.11 Å². The van der Waals surface area contributed by atoms with Gasteiger partial charge in [-0.05, 0) is 44.7 Å². The number of para-hydroxylation sites is 1. The molecule has 0 heterocycles. The van der Waals surface area contributed by atoms with Gasteiger partial charge in [-0.2, -0.15) is 0 Å². The Labute approximate surface area is 192 Å². The fourth-order valence-electron chi connectivity index (χ4n) is 2.98. The number of nitrogens with one attached hydrogen (secondary N) is 1. The molecule has 0 aliphatic rings. The number of benzene rings is 2. The molecule has 0 aromatic heterocycles. The maximum atomic E-state index is 6.24. The Bertz CT molecular complexity index is 698. The second kappa shape index (κ2) is 15.6. The predicted octanol–water partition coefficient (Wildman–Crippen LogP) is 5.59. The Hall–Kier alpha value is -1.17. The van der Waals surface area contributed by atoms with Crippen molar-refractivity contribution in [1.82, 2.24) is 10.2 Å². The summed E-state index contributed by atoms with van der Waals surface area (Å²) in [5, 5.41) is 4.23. The summed E-state index contributed by atoms with van der Waals surface area (Å²) in [6.07, 6.45) is 1.13. The van der Waals surface area contributed by atoms with Gasteiger partial charge in [0.2, 0.25) is 0 Å². The van der Waals surface area contributed by atoms with Crippen molar-refractivity contribution in [1.29, 1.82) is 0 Å². The van der Waals surface area contributed by atoms with Gasteiger partial charge in [-0.1, -0.05) is 55.8 Å². The molecule has 0 fully saturated rings. The van der Waals surface area contributed by atoms with Gasteiger partial charge in [0.1, 0.15) is 6.61 Å². The van der Waals surface area contributed by atoms with E-state index in [9.17, 15) is 0 Å². The minimum atomic E-state index is 0. The molecule has 0 unspecified atom stereocenters. The lowest BCUT2D eigenvalue weighted by atomic mass is 10.1. The molecular weight excluding hydrogens is 431 g/mol. The van der Waals surface area contributed by atoms with Gasteiger partial charge in [0.25, 0.3) is 0 Å². The summed E-state index contributed by atoms with van der Waals surface area (Å²) in [6.45, 7) is 9.86. The number of nitrogens with zero attached hydrogens (tertiary/aromatic N) is 1. The molecule has 0 saturated carbocycles. The summed E-state index contributed by atoms with van der Waals surface area (Å²) >= 11 is 6.24. The molecule has 4 nitrogen and oxygen atoms in total. The van der Waals surface area contributed by atoms with Crippen LogP contribution in [0.2, 0.25) is 5.02 Å². The minimum absolute atomic E-state index is 0. The zero-order valence-electron chi connectivity index (χ0n) is 17.4. The number of hydrogen-bond donors (Lipinski definition) is 1. The first-order valence-electron chi connectivity index (χ1n) is 9.64. The lowest BCUT2D eigenvalue weighted by molar-refractivity contribution is 0.280. The molecule has 164 valence electrons. The van der Waals surface area contributed by atoms with E-state index in [0.29, 0.717) is 11.6 Å². The molecule has 2 aromatic rings. The SMILES string of the molecule is CCN(CC)CCCNCc1cccc(OC)c1OCc1ccccc1Cl.Cl.Cl. The Morgan fingerprint density at radius 3 is 2.31 bits per heavy atom. The first kappa shape index (κ1) is 27.8. The molecule has 0 aliphatic heterocycles. The van der Waals surface area contributed by atoms with Crippen LogP contribution in [0.1, 0.15) is 31.4 Å². The monoisotopic (exact) mass is 462 g/mol. The molecule has 2 rings (SSSR count). The van der Waals surface area contributed by atoms with E-state index in [4.69, 9.17) is 21.1 Å². The van der Waals surface area contributed by atoms with Gasteiger partial charge in [0, 0.05) is 22.7 Å². The van der Waals surface area contributed by atoms with Crippen LogP contribution in [-0.4, -0.2) is 38.2 Å². The smallest absolute Gasteiger partial charge is 0.166 e. The van der Waals surface area contributed by atoms with Crippen molar-refractivity contribution >= 4 is 36.4 Å². The first-order valence-corrected chi connectivity index (χ1v) is 10.0. The molecule has 0 atom stereocenters. The van der Waals surface area contributed by atoms with Crippen LogP contribution in [0, 0.1) is 0 Å². The number of hydrogen-bond acceptors (Lipinski definition) is 4. The highest BCUT2D eigenvalue weighted by atomic mass is 35.5. The highest BCUT2D eigenvalue weighted by Crippen LogP contribution is 2.32. The van der Waals surface area contributed by atoms with Crippen LogP contribution in [-0.2, 0) is 13.2 Å². The largest absolute Gasteiger partial charge is 0.493 e. The van der Waals surface area contributed by atoms with Crippen molar-refractivity contribution in [2.45, 2.75) is 33.4 Å². The summed E-state index contributed by atoms with van der Waals surface area (Å²) in [5.41, 5.74) is 2.05. The molecule has 0 saturated heterocycles. The number of methoxy groups -OCH3 is 1. The van der Waals surface area contributed by atoms with Crippen molar-refractivity contribution in [2.75, 3.05) is 33.3 Å². The molecule has 0 spiro atoms. The topological polar surface area (TPSA) is 33.7 Å². The molecule has 29 heavy (non-hydrogen) atoms. The Morgan fingerprint density at radius 2 is 1.66 bits per heavy atom. The first-order chi connectivity index (χ1) is 13.2. The van der Waals surface area contributed by atoms with E-state index in [1.165, 1.54) is 0 Å². The van der Waals surface area contributed by atoms with E-state index in [2.05, 4.69) is 30.1 Å². The summed E-state index contributed by atoms with van der Waals surface area (Å²) in [6, 6.07) is 13.7. The standard InChI is InChI=1S/C22H31ClN2O2.2ClH/c1-4-25(5-2)15-9-14-24-16-18-11-8-13-21(26-3)22(18)27-17-19-10-6-7-12-20(19)23;;/h6-8,10-13,24H,4-5,9,14-17H2,1-3H3;2*1H. The number of ether oxygens (including phenoxy) is 2. The van der Waals surface area contributed by atoms with E-state index >= 15 is 0 Å². The second-order valence-corrected chi connectivity index (χ2v) is 6.79. The van der Waals surface area contributed by atoms with Crippen LogP contribution in [0.5, 0.6) is 11.5 Å². The average molecular weight is 464 g/mol. The molecule has 2 aromatic carbocycles. The molecule has 0 aliphatic carbocycles. The van der Waals surface area contributed by atoms with E-state index in [-0.39, 0.29) is 24.8 Å². The normalized spacial score (nSPS) is 10.2. The Morgan fingerprint density at radius 1 is 0.966 bits per heavy atom. The summed E-state index contributed by atoms with van der Waals surface area (Å²) in [5.74, 6) is 1.51. The third-order valence-electron chi connectivity index (χ3n) is 4.65. The molecule has 1 N–H and O–H groups in total.